The number of carbonyl (C=O) groups is 1. The minimum Gasteiger partial charge on any atom is -0.457 e. The average Bonchev–Trinajstić information content (AvgIpc) is 3.19. The number of allylic oxidation sites excluding steroid dienone is 1. The van der Waals surface area contributed by atoms with Gasteiger partial charge in [0, 0.05) is 5.56 Å². The summed E-state index contributed by atoms with van der Waals surface area (Å²) in [4.78, 5) is 12.6. The van der Waals surface area contributed by atoms with E-state index in [1.165, 1.54) is 17.4 Å². The minimum atomic E-state index is -0.0394. The van der Waals surface area contributed by atoms with Gasteiger partial charge >= 0.3 is 0 Å². The number of rotatable bonds is 4. The molecule has 0 spiro atoms. The number of furan rings is 1. The maximum Gasteiger partial charge on any atom is 0.195 e. The fourth-order valence-corrected chi connectivity index (χ4v) is 2.85. The lowest BCUT2D eigenvalue weighted by Gasteiger charge is -1.99. The number of thiophene rings is 1. The average molecular weight is 349 g/mol. The molecule has 0 unspecified atom stereocenters. The summed E-state index contributed by atoms with van der Waals surface area (Å²) in [6, 6.07) is 12.6. The van der Waals surface area contributed by atoms with Crippen molar-refractivity contribution in [2.45, 2.75) is 0 Å². The SMILES string of the molecule is O=C(/C=C/c1ccc(-c2ccc(Cl)c(Cl)c2)o1)c1cccs1. The van der Waals surface area contributed by atoms with Gasteiger partial charge in [0.15, 0.2) is 5.78 Å². The fourth-order valence-electron chi connectivity index (χ4n) is 1.91. The van der Waals surface area contributed by atoms with E-state index in [1.54, 1.807) is 30.3 Å². The second-order valence-electron chi connectivity index (χ2n) is 4.51. The molecule has 0 N–H and O–H groups in total. The molecule has 0 saturated heterocycles. The molecule has 2 nitrogen and oxygen atoms in total. The first-order valence-corrected chi connectivity index (χ1v) is 8.08. The summed E-state index contributed by atoms with van der Waals surface area (Å²) in [7, 11) is 0. The summed E-state index contributed by atoms with van der Waals surface area (Å²) in [5, 5.41) is 2.84. The Morgan fingerprint density at radius 3 is 2.68 bits per heavy atom. The standard InChI is InChI=1S/C17H10Cl2O2S/c18-13-6-3-11(10-14(13)19)16-8-5-12(21-16)4-7-15(20)17-2-1-9-22-17/h1-10H/b7-4+. The number of hydrogen-bond donors (Lipinski definition) is 0. The summed E-state index contributed by atoms with van der Waals surface area (Å²) in [5.41, 5.74) is 0.832. The fraction of sp³-hybridized carbons (Fsp3) is 0. The molecule has 1 aromatic carbocycles. The number of carbonyl (C=O) groups excluding carboxylic acids is 1. The molecule has 3 aromatic rings. The number of ketones is 1. The van der Waals surface area contributed by atoms with E-state index in [0.717, 1.165) is 5.56 Å². The van der Waals surface area contributed by atoms with Crippen LogP contribution >= 0.6 is 34.5 Å². The molecule has 0 aliphatic rings. The van der Waals surface area contributed by atoms with Crippen molar-refractivity contribution in [3.63, 3.8) is 0 Å². The zero-order valence-corrected chi connectivity index (χ0v) is 13.6. The van der Waals surface area contributed by atoms with Gasteiger partial charge in [-0.2, -0.15) is 0 Å². The molecule has 0 saturated carbocycles. The van der Waals surface area contributed by atoms with E-state index in [-0.39, 0.29) is 5.78 Å². The van der Waals surface area contributed by atoms with Crippen LogP contribution in [-0.2, 0) is 0 Å². The van der Waals surface area contributed by atoms with Gasteiger partial charge in [-0.25, -0.2) is 0 Å². The highest BCUT2D eigenvalue weighted by molar-refractivity contribution is 7.12. The van der Waals surface area contributed by atoms with E-state index in [4.69, 9.17) is 27.6 Å². The Kier molecular flexibility index (Phi) is 4.48. The number of halogens is 2. The first-order chi connectivity index (χ1) is 10.6. The zero-order chi connectivity index (χ0) is 15.5. The third kappa shape index (κ3) is 3.33. The van der Waals surface area contributed by atoms with Crippen LogP contribution in [0.1, 0.15) is 15.4 Å². The summed E-state index contributed by atoms with van der Waals surface area (Å²) in [6.45, 7) is 0. The lowest BCUT2D eigenvalue weighted by molar-refractivity contribution is 0.105. The van der Waals surface area contributed by atoms with Gasteiger partial charge in [-0.3, -0.25) is 4.79 Å². The van der Waals surface area contributed by atoms with Crippen molar-refractivity contribution < 1.29 is 9.21 Å². The highest BCUT2D eigenvalue weighted by Crippen LogP contribution is 2.29. The largest absolute Gasteiger partial charge is 0.457 e. The van der Waals surface area contributed by atoms with Crippen LogP contribution in [0, 0.1) is 0 Å². The Bertz CT molecular complexity index is 832. The third-order valence-corrected chi connectivity index (χ3v) is 4.62. The molecule has 5 heteroatoms. The van der Waals surface area contributed by atoms with Gasteiger partial charge in [-0.15, -0.1) is 11.3 Å². The monoisotopic (exact) mass is 348 g/mol. The summed E-state index contributed by atoms with van der Waals surface area (Å²) in [5.74, 6) is 1.23. The first-order valence-electron chi connectivity index (χ1n) is 6.44. The molecule has 0 aliphatic carbocycles. The highest BCUT2D eigenvalue weighted by Gasteiger charge is 2.07. The van der Waals surface area contributed by atoms with Gasteiger partial charge in [0.1, 0.15) is 11.5 Å². The van der Waals surface area contributed by atoms with Crippen molar-refractivity contribution in [2.75, 3.05) is 0 Å². The Morgan fingerprint density at radius 1 is 1.09 bits per heavy atom. The molecular formula is C17H10Cl2O2S. The maximum absolute atomic E-state index is 11.9. The molecule has 2 heterocycles. The van der Waals surface area contributed by atoms with Gasteiger partial charge in [0.05, 0.1) is 14.9 Å². The highest BCUT2D eigenvalue weighted by atomic mass is 35.5. The van der Waals surface area contributed by atoms with Crippen LogP contribution < -0.4 is 0 Å². The topological polar surface area (TPSA) is 30.2 Å². The molecule has 22 heavy (non-hydrogen) atoms. The molecule has 0 amide bonds. The summed E-state index contributed by atoms with van der Waals surface area (Å²) in [6.07, 6.45) is 3.16. The van der Waals surface area contributed by atoms with Gasteiger partial charge in [-0.05, 0) is 53.9 Å². The Balaban J connectivity index is 1.79. The quantitative estimate of drug-likeness (QED) is 0.414. The van der Waals surface area contributed by atoms with Crippen LogP contribution in [0.2, 0.25) is 10.0 Å². The number of benzene rings is 1. The van der Waals surface area contributed by atoms with Crippen molar-refractivity contribution in [3.8, 4) is 11.3 Å². The second-order valence-corrected chi connectivity index (χ2v) is 6.27. The molecule has 0 fully saturated rings. The predicted molar refractivity (Wildman–Crippen MR) is 91.8 cm³/mol. The van der Waals surface area contributed by atoms with E-state index < -0.39 is 0 Å². The molecule has 2 aromatic heterocycles. The van der Waals surface area contributed by atoms with Gasteiger partial charge in [0.25, 0.3) is 0 Å². The zero-order valence-electron chi connectivity index (χ0n) is 11.3. The van der Waals surface area contributed by atoms with Crippen LogP contribution in [0.5, 0.6) is 0 Å². The lowest BCUT2D eigenvalue weighted by Crippen LogP contribution is -1.88. The predicted octanol–water partition coefficient (Wildman–Crippen LogP) is 6.21. The Labute approximate surface area is 141 Å². The van der Waals surface area contributed by atoms with Crippen LogP contribution in [0.15, 0.2) is 58.3 Å². The second kappa shape index (κ2) is 6.53. The van der Waals surface area contributed by atoms with E-state index >= 15 is 0 Å². The van der Waals surface area contributed by atoms with Crippen molar-refractivity contribution in [3.05, 3.63) is 74.6 Å². The van der Waals surface area contributed by atoms with E-state index in [2.05, 4.69) is 0 Å². The van der Waals surface area contributed by atoms with Gasteiger partial charge in [-0.1, -0.05) is 29.3 Å². The number of hydrogen-bond acceptors (Lipinski definition) is 3. The molecule has 110 valence electrons. The molecule has 0 aliphatic heterocycles. The molecule has 0 bridgehead atoms. The van der Waals surface area contributed by atoms with Crippen molar-refractivity contribution in [1.82, 2.24) is 0 Å². The van der Waals surface area contributed by atoms with Gasteiger partial charge in [0.2, 0.25) is 0 Å². The molecule has 0 radical (unpaired) electrons. The Morgan fingerprint density at radius 2 is 1.95 bits per heavy atom. The van der Waals surface area contributed by atoms with E-state index in [1.807, 2.05) is 23.6 Å². The smallest absolute Gasteiger partial charge is 0.195 e. The van der Waals surface area contributed by atoms with Crippen molar-refractivity contribution >= 4 is 46.4 Å². The van der Waals surface area contributed by atoms with Crippen molar-refractivity contribution in [2.24, 2.45) is 0 Å². The van der Waals surface area contributed by atoms with Crippen molar-refractivity contribution in [1.29, 1.82) is 0 Å². The summed E-state index contributed by atoms with van der Waals surface area (Å²) < 4.78 is 5.69. The molecule has 0 atom stereocenters. The molecule has 3 rings (SSSR count). The van der Waals surface area contributed by atoms with Crippen LogP contribution in [0.3, 0.4) is 0 Å². The summed E-state index contributed by atoms with van der Waals surface area (Å²) >= 11 is 13.3. The maximum atomic E-state index is 11.9. The van der Waals surface area contributed by atoms with E-state index in [0.29, 0.717) is 26.4 Å². The van der Waals surface area contributed by atoms with Crippen LogP contribution in [-0.4, -0.2) is 5.78 Å². The lowest BCUT2D eigenvalue weighted by atomic mass is 10.2. The normalized spacial score (nSPS) is 11.2. The van der Waals surface area contributed by atoms with Gasteiger partial charge < -0.3 is 4.42 Å². The van der Waals surface area contributed by atoms with Crippen LogP contribution in [0.4, 0.5) is 0 Å². The third-order valence-electron chi connectivity index (χ3n) is 2.99. The first kappa shape index (κ1) is 15.1. The Hall–Kier alpha value is -1.81. The van der Waals surface area contributed by atoms with Crippen LogP contribution in [0.25, 0.3) is 17.4 Å². The molecular weight excluding hydrogens is 339 g/mol. The van der Waals surface area contributed by atoms with E-state index in [9.17, 15) is 4.79 Å². The minimum absolute atomic E-state index is 0.0394.